The van der Waals surface area contributed by atoms with E-state index in [2.05, 4.69) is 0 Å². The van der Waals surface area contributed by atoms with Crippen LogP contribution >= 0.6 is 12.4 Å². The van der Waals surface area contributed by atoms with Gasteiger partial charge in [0.2, 0.25) is 5.91 Å². The average molecular weight is 291 g/mol. The van der Waals surface area contributed by atoms with E-state index in [1.54, 1.807) is 4.90 Å². The number of carbonyl (C=O) groups excluding carboxylic acids is 1. The molecular weight excluding hydrogens is 274 g/mol. The van der Waals surface area contributed by atoms with Crippen molar-refractivity contribution < 1.29 is 13.6 Å². The summed E-state index contributed by atoms with van der Waals surface area (Å²) in [6, 6.07) is 3.27. The second-order valence-electron chi connectivity index (χ2n) is 4.65. The second kappa shape index (κ2) is 6.82. The molecule has 0 aromatic heterocycles. The summed E-state index contributed by atoms with van der Waals surface area (Å²) in [7, 11) is 0. The fraction of sp³-hybridized carbons (Fsp3) is 0.462. The fourth-order valence-electron chi connectivity index (χ4n) is 2.18. The number of nitrogens with zero attached hydrogens (tertiary/aromatic N) is 1. The molecule has 2 N–H and O–H groups in total. The molecule has 1 aromatic rings. The molecule has 3 nitrogen and oxygen atoms in total. The molecule has 1 fully saturated rings. The maximum absolute atomic E-state index is 13.4. The molecule has 0 saturated carbocycles. The Morgan fingerprint density at radius 2 is 2.16 bits per heavy atom. The van der Waals surface area contributed by atoms with Crippen LogP contribution in [0, 0.1) is 11.6 Å². The van der Waals surface area contributed by atoms with Gasteiger partial charge in [-0.25, -0.2) is 8.78 Å². The number of rotatable bonds is 2. The Labute approximate surface area is 117 Å². The lowest BCUT2D eigenvalue weighted by Gasteiger charge is -2.30. The van der Waals surface area contributed by atoms with E-state index >= 15 is 0 Å². The van der Waals surface area contributed by atoms with Crippen molar-refractivity contribution in [3.8, 4) is 0 Å². The van der Waals surface area contributed by atoms with Crippen molar-refractivity contribution in [1.29, 1.82) is 0 Å². The van der Waals surface area contributed by atoms with Crippen LogP contribution in [0.25, 0.3) is 0 Å². The maximum Gasteiger partial charge on any atom is 0.227 e. The van der Waals surface area contributed by atoms with Gasteiger partial charge in [-0.2, -0.15) is 0 Å². The summed E-state index contributed by atoms with van der Waals surface area (Å²) in [4.78, 5) is 13.6. The number of nitrogens with two attached hydrogens (primary N) is 1. The van der Waals surface area contributed by atoms with Gasteiger partial charge < -0.3 is 10.6 Å². The van der Waals surface area contributed by atoms with E-state index in [0.29, 0.717) is 13.1 Å². The van der Waals surface area contributed by atoms with Crippen LogP contribution in [0.5, 0.6) is 0 Å². The summed E-state index contributed by atoms with van der Waals surface area (Å²) < 4.78 is 26.2. The van der Waals surface area contributed by atoms with E-state index in [1.807, 2.05) is 0 Å². The van der Waals surface area contributed by atoms with Gasteiger partial charge in [-0.15, -0.1) is 12.4 Å². The summed E-state index contributed by atoms with van der Waals surface area (Å²) in [5.74, 6) is -1.47. The van der Waals surface area contributed by atoms with Crippen molar-refractivity contribution in [3.05, 3.63) is 35.4 Å². The molecule has 1 heterocycles. The molecule has 0 bridgehead atoms. The van der Waals surface area contributed by atoms with Gasteiger partial charge in [0.05, 0.1) is 6.42 Å². The highest BCUT2D eigenvalue weighted by molar-refractivity contribution is 5.85. The molecule has 1 amide bonds. The lowest BCUT2D eigenvalue weighted by Crippen LogP contribution is -2.46. The van der Waals surface area contributed by atoms with Gasteiger partial charge in [0.1, 0.15) is 11.6 Å². The van der Waals surface area contributed by atoms with Crippen molar-refractivity contribution >= 4 is 18.3 Å². The van der Waals surface area contributed by atoms with Gasteiger partial charge in [-0.3, -0.25) is 4.79 Å². The van der Waals surface area contributed by atoms with Crippen molar-refractivity contribution in [2.75, 3.05) is 13.1 Å². The largest absolute Gasteiger partial charge is 0.341 e. The molecule has 106 valence electrons. The van der Waals surface area contributed by atoms with E-state index in [0.717, 1.165) is 25.0 Å². The minimum absolute atomic E-state index is 0. The summed E-state index contributed by atoms with van der Waals surface area (Å²) >= 11 is 0. The van der Waals surface area contributed by atoms with Gasteiger partial charge in [-0.05, 0) is 24.5 Å². The zero-order valence-electron chi connectivity index (χ0n) is 10.4. The van der Waals surface area contributed by atoms with E-state index in [4.69, 9.17) is 5.73 Å². The Hall–Kier alpha value is -1.20. The third-order valence-corrected chi connectivity index (χ3v) is 3.17. The first-order valence-electron chi connectivity index (χ1n) is 6.03. The highest BCUT2D eigenvalue weighted by atomic mass is 35.5. The first kappa shape index (κ1) is 15.9. The highest BCUT2D eigenvalue weighted by Crippen LogP contribution is 2.14. The third kappa shape index (κ3) is 4.14. The Bertz CT molecular complexity index is 456. The second-order valence-corrected chi connectivity index (χ2v) is 4.65. The van der Waals surface area contributed by atoms with Crippen molar-refractivity contribution in [2.24, 2.45) is 5.73 Å². The first-order chi connectivity index (χ1) is 8.56. The lowest BCUT2D eigenvalue weighted by molar-refractivity contribution is -0.131. The highest BCUT2D eigenvalue weighted by Gasteiger charge is 2.22. The summed E-state index contributed by atoms with van der Waals surface area (Å²) in [6.07, 6.45) is 1.74. The van der Waals surface area contributed by atoms with Gasteiger partial charge in [0, 0.05) is 25.2 Å². The predicted octanol–water partition coefficient (Wildman–Crippen LogP) is 1.88. The predicted molar refractivity (Wildman–Crippen MR) is 71.1 cm³/mol. The van der Waals surface area contributed by atoms with E-state index < -0.39 is 11.6 Å². The van der Waals surface area contributed by atoms with Gasteiger partial charge in [0.15, 0.2) is 0 Å². The first-order valence-corrected chi connectivity index (χ1v) is 6.03. The molecule has 1 aliphatic rings. The maximum atomic E-state index is 13.4. The molecule has 1 atom stereocenters. The quantitative estimate of drug-likeness (QED) is 0.904. The number of benzene rings is 1. The van der Waals surface area contributed by atoms with Gasteiger partial charge in [0.25, 0.3) is 0 Å². The number of likely N-dealkylation sites (tertiary alicyclic amines) is 1. The van der Waals surface area contributed by atoms with E-state index in [9.17, 15) is 13.6 Å². The van der Waals surface area contributed by atoms with Crippen LogP contribution in [0.2, 0.25) is 0 Å². The molecule has 0 spiro atoms. The minimum Gasteiger partial charge on any atom is -0.341 e. The smallest absolute Gasteiger partial charge is 0.227 e. The monoisotopic (exact) mass is 290 g/mol. The molecule has 0 aliphatic carbocycles. The molecule has 19 heavy (non-hydrogen) atoms. The fourth-order valence-corrected chi connectivity index (χ4v) is 2.18. The molecule has 1 saturated heterocycles. The zero-order valence-corrected chi connectivity index (χ0v) is 11.3. The summed E-state index contributed by atoms with van der Waals surface area (Å²) in [5.41, 5.74) is 6.01. The number of hydrogen-bond acceptors (Lipinski definition) is 2. The van der Waals surface area contributed by atoms with Crippen LogP contribution < -0.4 is 5.73 Å². The molecule has 1 aliphatic heterocycles. The molecular formula is C13H17ClF2N2O. The molecule has 0 unspecified atom stereocenters. The standard InChI is InChI=1S/C13H16F2N2O.ClH/c14-10-4-3-9(12(15)7-10)6-13(18)17-5-1-2-11(16)8-17;/h3-4,7,11H,1-2,5-6,8,16H2;1H/t11-;/m1./s1. The normalized spacial score (nSPS) is 18.9. The van der Waals surface area contributed by atoms with Crippen LogP contribution in [-0.4, -0.2) is 29.9 Å². The third-order valence-electron chi connectivity index (χ3n) is 3.17. The Kier molecular flexibility index (Phi) is 5.69. The number of carbonyl (C=O) groups is 1. The number of amides is 1. The van der Waals surface area contributed by atoms with Crippen LogP contribution in [0.15, 0.2) is 18.2 Å². The average Bonchev–Trinajstić information content (AvgIpc) is 2.32. The van der Waals surface area contributed by atoms with Gasteiger partial charge in [-0.1, -0.05) is 6.07 Å². The molecule has 1 aromatic carbocycles. The Morgan fingerprint density at radius 3 is 2.79 bits per heavy atom. The summed E-state index contributed by atoms with van der Waals surface area (Å²) in [6.45, 7) is 1.18. The SMILES string of the molecule is Cl.N[C@@H]1CCCN(C(=O)Cc2ccc(F)cc2F)C1. The Balaban J connectivity index is 0.00000180. The van der Waals surface area contributed by atoms with Gasteiger partial charge >= 0.3 is 0 Å². The topological polar surface area (TPSA) is 46.3 Å². The van der Waals surface area contributed by atoms with Crippen LogP contribution in [-0.2, 0) is 11.2 Å². The number of piperidine rings is 1. The van der Waals surface area contributed by atoms with Crippen LogP contribution in [0.3, 0.4) is 0 Å². The number of halogens is 3. The molecule has 6 heteroatoms. The Morgan fingerprint density at radius 1 is 1.42 bits per heavy atom. The lowest BCUT2D eigenvalue weighted by atomic mass is 10.0. The summed E-state index contributed by atoms with van der Waals surface area (Å²) in [5, 5.41) is 0. The zero-order chi connectivity index (χ0) is 13.1. The minimum atomic E-state index is -0.676. The number of hydrogen-bond donors (Lipinski definition) is 1. The van der Waals surface area contributed by atoms with Crippen LogP contribution in [0.1, 0.15) is 18.4 Å². The molecule has 2 rings (SSSR count). The van der Waals surface area contributed by atoms with E-state index in [-0.39, 0.29) is 36.3 Å². The van der Waals surface area contributed by atoms with Crippen molar-refractivity contribution in [2.45, 2.75) is 25.3 Å². The van der Waals surface area contributed by atoms with Crippen molar-refractivity contribution in [3.63, 3.8) is 0 Å². The van der Waals surface area contributed by atoms with Crippen LogP contribution in [0.4, 0.5) is 8.78 Å². The molecule has 0 radical (unpaired) electrons. The van der Waals surface area contributed by atoms with E-state index in [1.165, 1.54) is 6.07 Å². The van der Waals surface area contributed by atoms with Crippen molar-refractivity contribution in [1.82, 2.24) is 4.90 Å².